The first-order valence-corrected chi connectivity index (χ1v) is 8.84. The molecule has 0 unspecified atom stereocenters. The van der Waals surface area contributed by atoms with Gasteiger partial charge in [-0.3, -0.25) is 14.8 Å². The van der Waals surface area contributed by atoms with E-state index in [4.69, 9.17) is 5.11 Å². The van der Waals surface area contributed by atoms with Crippen molar-refractivity contribution in [1.82, 2.24) is 9.80 Å². The van der Waals surface area contributed by atoms with Crippen molar-refractivity contribution in [3.63, 3.8) is 0 Å². The summed E-state index contributed by atoms with van der Waals surface area (Å²) in [5, 5.41) is 8.96. The van der Waals surface area contributed by atoms with E-state index in [0.717, 1.165) is 45.7 Å². The van der Waals surface area contributed by atoms with Crippen molar-refractivity contribution in [2.45, 2.75) is 48.0 Å². The van der Waals surface area contributed by atoms with Gasteiger partial charge in [0.15, 0.2) is 0 Å². The SMILES string of the molecule is CC.CC/C(=C\N=C(C)C(C)C)CN1CCN(CCO)CC1. The Kier molecular flexibility index (Phi) is 12.4. The summed E-state index contributed by atoms with van der Waals surface area (Å²) in [4.78, 5) is 9.40. The van der Waals surface area contributed by atoms with Gasteiger partial charge in [-0.15, -0.1) is 0 Å². The highest BCUT2D eigenvalue weighted by atomic mass is 16.3. The molecule has 4 nitrogen and oxygen atoms in total. The molecule has 0 aromatic carbocycles. The van der Waals surface area contributed by atoms with E-state index >= 15 is 0 Å². The van der Waals surface area contributed by atoms with Crippen molar-refractivity contribution in [1.29, 1.82) is 0 Å². The number of nitrogens with zero attached hydrogens (tertiary/aromatic N) is 3. The lowest BCUT2D eigenvalue weighted by molar-refractivity contribution is 0.118. The fourth-order valence-corrected chi connectivity index (χ4v) is 2.19. The van der Waals surface area contributed by atoms with Crippen LogP contribution >= 0.6 is 0 Å². The molecule has 0 aromatic rings. The highest BCUT2D eigenvalue weighted by Gasteiger charge is 2.16. The van der Waals surface area contributed by atoms with E-state index < -0.39 is 0 Å². The summed E-state index contributed by atoms with van der Waals surface area (Å²) in [6.07, 6.45) is 3.13. The van der Waals surface area contributed by atoms with Crippen LogP contribution in [0.1, 0.15) is 48.0 Å². The van der Waals surface area contributed by atoms with Gasteiger partial charge in [-0.25, -0.2) is 0 Å². The number of aliphatic hydroxyl groups is 1. The molecule has 0 spiro atoms. The molecule has 22 heavy (non-hydrogen) atoms. The van der Waals surface area contributed by atoms with Crippen LogP contribution in [0.2, 0.25) is 0 Å². The van der Waals surface area contributed by atoms with Crippen LogP contribution in [-0.4, -0.2) is 66.5 Å². The Morgan fingerprint density at radius 1 is 1.14 bits per heavy atom. The number of β-amino-alcohol motifs (C(OH)–C–C–N with tert-alkyl or cyclic N) is 1. The molecular weight excluding hydrogens is 274 g/mol. The molecule has 0 amide bonds. The minimum Gasteiger partial charge on any atom is -0.395 e. The monoisotopic (exact) mass is 311 g/mol. The summed E-state index contributed by atoms with van der Waals surface area (Å²) in [5.41, 5.74) is 2.60. The lowest BCUT2D eigenvalue weighted by Gasteiger charge is -2.34. The van der Waals surface area contributed by atoms with Crippen LogP contribution in [-0.2, 0) is 0 Å². The third kappa shape index (κ3) is 8.66. The summed E-state index contributed by atoms with van der Waals surface area (Å²) < 4.78 is 0. The van der Waals surface area contributed by atoms with E-state index in [1.807, 2.05) is 13.8 Å². The molecule has 1 aliphatic rings. The molecule has 1 saturated heterocycles. The van der Waals surface area contributed by atoms with Crippen molar-refractivity contribution in [3.8, 4) is 0 Å². The Bertz CT molecular complexity index is 329. The van der Waals surface area contributed by atoms with Crippen LogP contribution in [0.25, 0.3) is 0 Å². The van der Waals surface area contributed by atoms with Crippen LogP contribution in [0.15, 0.2) is 16.8 Å². The molecule has 4 heteroatoms. The zero-order valence-electron chi connectivity index (χ0n) is 15.6. The van der Waals surface area contributed by atoms with Gasteiger partial charge in [0, 0.05) is 51.2 Å². The molecule has 0 saturated carbocycles. The summed E-state index contributed by atoms with van der Waals surface area (Å²) in [6.45, 7) is 19.1. The number of rotatable bonds is 7. The molecular formula is C18H37N3O. The smallest absolute Gasteiger partial charge is 0.0558 e. The zero-order valence-corrected chi connectivity index (χ0v) is 15.6. The number of aliphatic hydroxyl groups excluding tert-OH is 1. The van der Waals surface area contributed by atoms with Crippen molar-refractivity contribution >= 4 is 5.71 Å². The van der Waals surface area contributed by atoms with E-state index in [9.17, 15) is 0 Å². The van der Waals surface area contributed by atoms with Gasteiger partial charge in [-0.1, -0.05) is 34.6 Å². The lowest BCUT2D eigenvalue weighted by Crippen LogP contribution is -2.47. The quantitative estimate of drug-likeness (QED) is 0.735. The molecule has 1 rings (SSSR count). The molecule has 1 heterocycles. The molecule has 0 aromatic heterocycles. The fourth-order valence-electron chi connectivity index (χ4n) is 2.19. The average Bonchev–Trinajstić information content (AvgIpc) is 2.54. The predicted molar refractivity (Wildman–Crippen MR) is 97.6 cm³/mol. The second-order valence-corrected chi connectivity index (χ2v) is 5.91. The van der Waals surface area contributed by atoms with Gasteiger partial charge < -0.3 is 5.11 Å². The number of hydrogen-bond acceptors (Lipinski definition) is 4. The van der Waals surface area contributed by atoms with Crippen LogP contribution in [0, 0.1) is 5.92 Å². The second kappa shape index (κ2) is 12.8. The highest BCUT2D eigenvalue weighted by molar-refractivity contribution is 5.84. The maximum absolute atomic E-state index is 8.96. The van der Waals surface area contributed by atoms with E-state index in [1.54, 1.807) is 0 Å². The Balaban J connectivity index is 0.00000211. The van der Waals surface area contributed by atoms with Crippen LogP contribution in [0.5, 0.6) is 0 Å². The maximum Gasteiger partial charge on any atom is 0.0558 e. The normalized spacial score (nSPS) is 18.4. The number of aliphatic imine (C=N–C) groups is 1. The Labute approximate surface area is 137 Å². The summed E-state index contributed by atoms with van der Waals surface area (Å²) >= 11 is 0. The number of hydrogen-bond donors (Lipinski definition) is 1. The largest absolute Gasteiger partial charge is 0.395 e. The van der Waals surface area contributed by atoms with Crippen molar-refractivity contribution < 1.29 is 5.11 Å². The van der Waals surface area contributed by atoms with E-state index in [1.165, 1.54) is 11.3 Å². The van der Waals surface area contributed by atoms with Crippen LogP contribution in [0.3, 0.4) is 0 Å². The average molecular weight is 312 g/mol. The molecule has 1 aliphatic heterocycles. The number of piperazine rings is 1. The molecule has 1 N–H and O–H groups in total. The van der Waals surface area contributed by atoms with Gasteiger partial charge in [-0.2, -0.15) is 0 Å². The van der Waals surface area contributed by atoms with E-state index in [0.29, 0.717) is 5.92 Å². The Hall–Kier alpha value is -0.710. The Morgan fingerprint density at radius 3 is 2.14 bits per heavy atom. The lowest BCUT2D eigenvalue weighted by atomic mass is 10.1. The van der Waals surface area contributed by atoms with Crippen molar-refractivity contribution in [2.24, 2.45) is 10.9 Å². The third-order valence-corrected chi connectivity index (χ3v) is 4.05. The highest BCUT2D eigenvalue weighted by Crippen LogP contribution is 2.09. The van der Waals surface area contributed by atoms with Gasteiger partial charge in [-0.05, 0) is 24.8 Å². The predicted octanol–water partition coefficient (Wildman–Crippen LogP) is 3.03. The second-order valence-electron chi connectivity index (χ2n) is 5.91. The van der Waals surface area contributed by atoms with E-state index in [2.05, 4.69) is 48.7 Å². The molecule has 0 bridgehead atoms. The summed E-state index contributed by atoms with van der Waals surface area (Å²) in [6, 6.07) is 0. The zero-order chi connectivity index (χ0) is 17.0. The standard InChI is InChI=1S/C16H31N3O.C2H6/c1-5-16(12-17-15(4)14(2)3)13-19-8-6-18(7-9-19)10-11-20;1-2/h12,14,20H,5-11,13H2,1-4H3;1-2H3/b16-12+,17-15?;. The molecule has 0 aliphatic carbocycles. The van der Waals surface area contributed by atoms with Crippen molar-refractivity contribution in [2.75, 3.05) is 45.9 Å². The topological polar surface area (TPSA) is 39.1 Å². The summed E-state index contributed by atoms with van der Waals surface area (Å²) in [7, 11) is 0. The first-order valence-electron chi connectivity index (χ1n) is 8.84. The molecule has 130 valence electrons. The first-order chi connectivity index (χ1) is 10.6. The van der Waals surface area contributed by atoms with Gasteiger partial charge >= 0.3 is 0 Å². The van der Waals surface area contributed by atoms with E-state index in [-0.39, 0.29) is 6.61 Å². The molecule has 0 radical (unpaired) electrons. The van der Waals surface area contributed by atoms with Gasteiger partial charge in [0.2, 0.25) is 0 Å². The Morgan fingerprint density at radius 2 is 1.68 bits per heavy atom. The van der Waals surface area contributed by atoms with Crippen LogP contribution in [0.4, 0.5) is 0 Å². The molecule has 0 atom stereocenters. The van der Waals surface area contributed by atoms with Gasteiger partial charge in [0.25, 0.3) is 0 Å². The van der Waals surface area contributed by atoms with Gasteiger partial charge in [0.05, 0.1) is 6.61 Å². The first kappa shape index (κ1) is 21.3. The minimum absolute atomic E-state index is 0.267. The summed E-state index contributed by atoms with van der Waals surface area (Å²) in [5.74, 6) is 0.520. The van der Waals surface area contributed by atoms with Gasteiger partial charge in [0.1, 0.15) is 0 Å². The minimum atomic E-state index is 0.267. The van der Waals surface area contributed by atoms with Crippen LogP contribution < -0.4 is 0 Å². The van der Waals surface area contributed by atoms with Crippen molar-refractivity contribution in [3.05, 3.63) is 11.8 Å². The maximum atomic E-state index is 8.96. The molecule has 1 fully saturated rings. The third-order valence-electron chi connectivity index (χ3n) is 4.05. The fraction of sp³-hybridized carbons (Fsp3) is 0.833.